The highest BCUT2D eigenvalue weighted by molar-refractivity contribution is 5.94. The second kappa shape index (κ2) is 11.0. The van der Waals surface area contributed by atoms with Crippen LogP contribution in [-0.4, -0.2) is 17.6 Å². The molecule has 166 valence electrons. The molecule has 0 unspecified atom stereocenters. The number of aryl methyl sites for hydroxylation is 1. The molecule has 0 bridgehead atoms. The molecule has 33 heavy (non-hydrogen) atoms. The highest BCUT2D eigenvalue weighted by Gasteiger charge is 2.07. The van der Waals surface area contributed by atoms with Crippen molar-refractivity contribution in [1.82, 2.24) is 5.32 Å². The van der Waals surface area contributed by atoms with Gasteiger partial charge in [0.25, 0.3) is 5.91 Å². The molecule has 0 heterocycles. The summed E-state index contributed by atoms with van der Waals surface area (Å²) in [5.74, 6) is 0.134. The highest BCUT2D eigenvalue weighted by Crippen LogP contribution is 2.22. The minimum absolute atomic E-state index is 0.103. The van der Waals surface area contributed by atoms with E-state index in [2.05, 4.69) is 47.0 Å². The van der Waals surface area contributed by atoms with E-state index < -0.39 is 0 Å². The first kappa shape index (κ1) is 22.2. The lowest BCUT2D eigenvalue weighted by atomic mass is 10.0. The van der Waals surface area contributed by atoms with Crippen molar-refractivity contribution in [3.63, 3.8) is 0 Å². The maximum atomic E-state index is 12.6. The fraction of sp³-hybridized carbons (Fsp3) is 0.138. The van der Waals surface area contributed by atoms with E-state index in [0.29, 0.717) is 12.1 Å². The number of phenols is 1. The van der Waals surface area contributed by atoms with Crippen molar-refractivity contribution in [3.8, 4) is 16.9 Å². The SMILES string of the molecule is O=C(NCc1cccc(NCCCc2ccccc2)c1)c1ccc(-c2ccc(O)cc2)cc1. The quantitative estimate of drug-likeness (QED) is 0.281. The van der Waals surface area contributed by atoms with Gasteiger partial charge >= 0.3 is 0 Å². The number of benzene rings is 4. The van der Waals surface area contributed by atoms with Crippen LogP contribution >= 0.6 is 0 Å². The molecule has 0 radical (unpaired) electrons. The van der Waals surface area contributed by atoms with Gasteiger partial charge in [0.1, 0.15) is 5.75 Å². The Kier molecular flexibility index (Phi) is 7.39. The molecule has 4 rings (SSSR count). The molecule has 0 spiro atoms. The number of hydrogen-bond donors (Lipinski definition) is 3. The van der Waals surface area contributed by atoms with Gasteiger partial charge in [-0.25, -0.2) is 0 Å². The topological polar surface area (TPSA) is 61.4 Å². The van der Waals surface area contributed by atoms with E-state index in [9.17, 15) is 9.90 Å². The second-order valence-corrected chi connectivity index (χ2v) is 8.02. The lowest BCUT2D eigenvalue weighted by Gasteiger charge is -2.10. The van der Waals surface area contributed by atoms with Gasteiger partial charge in [-0.05, 0) is 71.5 Å². The van der Waals surface area contributed by atoms with Crippen LogP contribution < -0.4 is 10.6 Å². The van der Waals surface area contributed by atoms with E-state index >= 15 is 0 Å². The number of anilines is 1. The number of rotatable bonds is 9. The van der Waals surface area contributed by atoms with Crippen LogP contribution in [0.3, 0.4) is 0 Å². The average molecular weight is 437 g/mol. The third kappa shape index (κ3) is 6.47. The Bertz CT molecular complexity index is 1170. The third-order valence-corrected chi connectivity index (χ3v) is 5.54. The van der Waals surface area contributed by atoms with Crippen molar-refractivity contribution < 1.29 is 9.90 Å². The van der Waals surface area contributed by atoms with E-state index in [1.165, 1.54) is 5.56 Å². The Morgan fingerprint density at radius 2 is 1.39 bits per heavy atom. The van der Waals surface area contributed by atoms with Gasteiger partial charge in [-0.2, -0.15) is 0 Å². The van der Waals surface area contributed by atoms with Crippen LogP contribution in [-0.2, 0) is 13.0 Å². The van der Waals surface area contributed by atoms with Crippen molar-refractivity contribution >= 4 is 11.6 Å². The Hall–Kier alpha value is -4.05. The van der Waals surface area contributed by atoms with Crippen molar-refractivity contribution in [3.05, 3.63) is 120 Å². The van der Waals surface area contributed by atoms with E-state index in [-0.39, 0.29) is 11.7 Å². The summed E-state index contributed by atoms with van der Waals surface area (Å²) in [5, 5.41) is 15.9. The van der Waals surface area contributed by atoms with Crippen LogP contribution in [0.4, 0.5) is 5.69 Å². The monoisotopic (exact) mass is 436 g/mol. The minimum atomic E-state index is -0.103. The molecule has 1 amide bonds. The first-order valence-corrected chi connectivity index (χ1v) is 11.2. The Labute approximate surface area is 194 Å². The molecule has 0 saturated heterocycles. The van der Waals surface area contributed by atoms with Crippen molar-refractivity contribution in [2.45, 2.75) is 19.4 Å². The fourth-order valence-electron chi connectivity index (χ4n) is 3.71. The molecule has 0 aromatic heterocycles. The summed E-state index contributed by atoms with van der Waals surface area (Å²) < 4.78 is 0. The average Bonchev–Trinajstić information content (AvgIpc) is 2.87. The predicted octanol–water partition coefficient (Wildman–Crippen LogP) is 6.03. The van der Waals surface area contributed by atoms with Crippen LogP contribution in [0.2, 0.25) is 0 Å². The Morgan fingerprint density at radius 1 is 0.727 bits per heavy atom. The molecule has 0 aliphatic carbocycles. The maximum Gasteiger partial charge on any atom is 0.251 e. The first-order valence-electron chi connectivity index (χ1n) is 11.2. The number of aromatic hydroxyl groups is 1. The summed E-state index contributed by atoms with van der Waals surface area (Å²) in [6.07, 6.45) is 2.11. The summed E-state index contributed by atoms with van der Waals surface area (Å²) in [6, 6.07) is 33.2. The standard InChI is InChI=1S/C29H28N2O2/c32-28-17-15-25(16-18-28)24-11-13-26(14-12-24)29(33)31-21-23-8-4-10-27(20-23)30-19-5-9-22-6-2-1-3-7-22/h1-4,6-8,10-18,20,30,32H,5,9,19,21H2,(H,31,33). The van der Waals surface area contributed by atoms with Gasteiger partial charge in [0.2, 0.25) is 0 Å². The van der Waals surface area contributed by atoms with Gasteiger partial charge in [0.05, 0.1) is 0 Å². The lowest BCUT2D eigenvalue weighted by molar-refractivity contribution is 0.0951. The molecule has 4 heteroatoms. The van der Waals surface area contributed by atoms with Crippen LogP contribution in [0.1, 0.15) is 27.9 Å². The normalized spacial score (nSPS) is 10.5. The van der Waals surface area contributed by atoms with Crippen LogP contribution in [0, 0.1) is 0 Å². The minimum Gasteiger partial charge on any atom is -0.508 e. The third-order valence-electron chi connectivity index (χ3n) is 5.54. The van der Waals surface area contributed by atoms with Gasteiger partial charge in [0.15, 0.2) is 0 Å². The molecule has 4 aromatic carbocycles. The molecule has 0 aliphatic heterocycles. The van der Waals surface area contributed by atoms with Gasteiger partial charge in [0, 0.05) is 24.3 Å². The molecule has 4 nitrogen and oxygen atoms in total. The molecule has 3 N–H and O–H groups in total. The zero-order chi connectivity index (χ0) is 22.9. The van der Waals surface area contributed by atoms with Crippen LogP contribution in [0.25, 0.3) is 11.1 Å². The fourth-order valence-corrected chi connectivity index (χ4v) is 3.71. The van der Waals surface area contributed by atoms with Gasteiger partial charge < -0.3 is 15.7 Å². The number of nitrogens with one attached hydrogen (secondary N) is 2. The maximum absolute atomic E-state index is 12.6. The molecule has 0 aliphatic rings. The van der Waals surface area contributed by atoms with E-state index in [4.69, 9.17) is 0 Å². The van der Waals surface area contributed by atoms with Gasteiger partial charge in [-0.15, -0.1) is 0 Å². The zero-order valence-electron chi connectivity index (χ0n) is 18.5. The molecule has 4 aromatic rings. The summed E-state index contributed by atoms with van der Waals surface area (Å²) in [4.78, 5) is 12.6. The van der Waals surface area contributed by atoms with E-state index in [0.717, 1.165) is 41.8 Å². The molecular weight excluding hydrogens is 408 g/mol. The molecule has 0 fully saturated rings. The Morgan fingerprint density at radius 3 is 2.12 bits per heavy atom. The van der Waals surface area contributed by atoms with Crippen molar-refractivity contribution in [2.75, 3.05) is 11.9 Å². The summed E-state index contributed by atoms with van der Waals surface area (Å²) >= 11 is 0. The molecule has 0 saturated carbocycles. The smallest absolute Gasteiger partial charge is 0.251 e. The summed E-state index contributed by atoms with van der Waals surface area (Å²) in [6.45, 7) is 1.37. The number of carbonyl (C=O) groups excluding carboxylic acids is 1. The first-order chi connectivity index (χ1) is 16.2. The number of phenolic OH excluding ortho intramolecular Hbond substituents is 1. The number of carbonyl (C=O) groups is 1. The number of amides is 1. The largest absolute Gasteiger partial charge is 0.508 e. The van der Waals surface area contributed by atoms with Gasteiger partial charge in [-0.1, -0.05) is 66.7 Å². The lowest BCUT2D eigenvalue weighted by Crippen LogP contribution is -2.22. The van der Waals surface area contributed by atoms with Gasteiger partial charge in [-0.3, -0.25) is 4.79 Å². The molecule has 0 atom stereocenters. The zero-order valence-corrected chi connectivity index (χ0v) is 18.5. The van der Waals surface area contributed by atoms with Crippen molar-refractivity contribution in [2.24, 2.45) is 0 Å². The Balaban J connectivity index is 1.26. The van der Waals surface area contributed by atoms with E-state index in [1.807, 2.05) is 54.6 Å². The molecular formula is C29H28N2O2. The van der Waals surface area contributed by atoms with E-state index in [1.54, 1.807) is 12.1 Å². The van der Waals surface area contributed by atoms with Crippen LogP contribution in [0.5, 0.6) is 5.75 Å². The second-order valence-electron chi connectivity index (χ2n) is 8.02. The van der Waals surface area contributed by atoms with Crippen LogP contribution in [0.15, 0.2) is 103 Å². The summed E-state index contributed by atoms with van der Waals surface area (Å²) in [5.41, 5.74) is 6.08. The van der Waals surface area contributed by atoms with Crippen molar-refractivity contribution in [1.29, 1.82) is 0 Å². The highest BCUT2D eigenvalue weighted by atomic mass is 16.3. The predicted molar refractivity (Wildman–Crippen MR) is 134 cm³/mol. The number of hydrogen-bond acceptors (Lipinski definition) is 3. The summed E-state index contributed by atoms with van der Waals surface area (Å²) in [7, 11) is 0.